The largest absolute Gasteiger partial charge is 0.401 e. The Morgan fingerprint density at radius 2 is 1.89 bits per heavy atom. The predicted octanol–water partition coefficient (Wildman–Crippen LogP) is 1.34. The number of hydrogen-bond donors (Lipinski definition) is 1. The van der Waals surface area contributed by atoms with E-state index < -0.39 is 12.7 Å². The van der Waals surface area contributed by atoms with Gasteiger partial charge in [-0.15, -0.1) is 0 Å². The molecule has 18 heavy (non-hydrogen) atoms. The zero-order chi connectivity index (χ0) is 13.2. The summed E-state index contributed by atoms with van der Waals surface area (Å²) in [6, 6.07) is 0.283. The molecule has 2 N–H and O–H groups in total. The molecule has 0 bridgehead atoms. The van der Waals surface area contributed by atoms with E-state index in [9.17, 15) is 13.2 Å². The van der Waals surface area contributed by atoms with Crippen LogP contribution in [0.4, 0.5) is 13.2 Å². The summed E-state index contributed by atoms with van der Waals surface area (Å²) in [5.41, 5.74) is 6.41. The molecule has 1 unspecified atom stereocenters. The molecule has 6 heteroatoms. The van der Waals surface area contributed by atoms with Crippen LogP contribution >= 0.6 is 0 Å². The molecule has 0 aromatic heterocycles. The van der Waals surface area contributed by atoms with Crippen LogP contribution in [0, 0.1) is 0 Å². The zero-order valence-corrected chi connectivity index (χ0v) is 10.2. The lowest BCUT2D eigenvalue weighted by Gasteiger charge is -2.38. The van der Waals surface area contributed by atoms with E-state index in [0.29, 0.717) is 26.2 Å². The van der Waals surface area contributed by atoms with Crippen LogP contribution in [0.5, 0.6) is 0 Å². The summed E-state index contributed by atoms with van der Waals surface area (Å²) in [6.45, 7) is 1.51. The Morgan fingerprint density at radius 3 is 2.39 bits per heavy atom. The van der Waals surface area contributed by atoms with E-state index >= 15 is 0 Å². The van der Waals surface area contributed by atoms with Gasteiger partial charge >= 0.3 is 6.18 Å². The van der Waals surface area contributed by atoms with Crippen molar-refractivity contribution in [2.24, 2.45) is 5.73 Å². The van der Waals surface area contributed by atoms with Crippen LogP contribution < -0.4 is 5.73 Å². The standard InChI is InChI=1S/C12H18F3N3/c13-12(14,15)9-17-5-7-18(8-6-17)11-3-1-10(16)2-4-11/h1-3,11H,4-9,16H2. The molecule has 102 valence electrons. The van der Waals surface area contributed by atoms with Gasteiger partial charge in [-0.05, 0) is 12.5 Å². The summed E-state index contributed by atoms with van der Waals surface area (Å²) in [7, 11) is 0. The monoisotopic (exact) mass is 261 g/mol. The average Bonchev–Trinajstić information content (AvgIpc) is 2.29. The Hall–Kier alpha value is -1.01. The van der Waals surface area contributed by atoms with E-state index in [1.807, 2.05) is 18.2 Å². The summed E-state index contributed by atoms with van der Waals surface area (Å²) < 4.78 is 36.7. The molecule has 0 amide bonds. The highest BCUT2D eigenvalue weighted by Gasteiger charge is 2.32. The lowest BCUT2D eigenvalue weighted by atomic mass is 10.0. The Kier molecular flexibility index (Phi) is 3.97. The Balaban J connectivity index is 1.79. The summed E-state index contributed by atoms with van der Waals surface area (Å²) in [5, 5.41) is 0. The molecule has 0 saturated carbocycles. The quantitative estimate of drug-likeness (QED) is 0.814. The molecule has 2 rings (SSSR count). The fourth-order valence-corrected chi connectivity index (χ4v) is 2.40. The van der Waals surface area contributed by atoms with Crippen LogP contribution in [0.1, 0.15) is 6.42 Å². The van der Waals surface area contributed by atoms with Gasteiger partial charge in [0.15, 0.2) is 0 Å². The van der Waals surface area contributed by atoms with Crippen molar-refractivity contribution in [2.75, 3.05) is 32.7 Å². The van der Waals surface area contributed by atoms with Crippen molar-refractivity contribution in [3.05, 3.63) is 23.9 Å². The van der Waals surface area contributed by atoms with Crippen LogP contribution in [-0.4, -0.2) is 54.7 Å². The van der Waals surface area contributed by atoms with Gasteiger partial charge in [0.1, 0.15) is 0 Å². The van der Waals surface area contributed by atoms with Crippen LogP contribution in [0.3, 0.4) is 0 Å². The smallest absolute Gasteiger partial charge is 0.399 e. The first-order valence-electron chi connectivity index (χ1n) is 6.11. The molecule has 3 nitrogen and oxygen atoms in total. The molecule has 2 aliphatic rings. The first-order chi connectivity index (χ1) is 8.44. The maximum atomic E-state index is 12.2. The minimum Gasteiger partial charge on any atom is -0.399 e. The van der Waals surface area contributed by atoms with E-state index in [2.05, 4.69) is 4.90 Å². The van der Waals surface area contributed by atoms with Crippen molar-refractivity contribution in [2.45, 2.75) is 18.6 Å². The van der Waals surface area contributed by atoms with Gasteiger partial charge in [0.2, 0.25) is 0 Å². The van der Waals surface area contributed by atoms with Crippen molar-refractivity contribution in [1.29, 1.82) is 0 Å². The molecule has 1 aliphatic carbocycles. The van der Waals surface area contributed by atoms with Crippen molar-refractivity contribution in [3.63, 3.8) is 0 Å². The maximum absolute atomic E-state index is 12.2. The van der Waals surface area contributed by atoms with Crippen molar-refractivity contribution in [3.8, 4) is 0 Å². The molecule has 1 fully saturated rings. The second kappa shape index (κ2) is 5.32. The Bertz CT molecular complexity index is 341. The molecule has 1 saturated heterocycles. The van der Waals surface area contributed by atoms with Crippen molar-refractivity contribution in [1.82, 2.24) is 9.80 Å². The van der Waals surface area contributed by atoms with Gasteiger partial charge in [0, 0.05) is 37.9 Å². The third kappa shape index (κ3) is 3.74. The number of nitrogens with two attached hydrogens (primary N) is 1. The molecular weight excluding hydrogens is 243 g/mol. The third-order valence-corrected chi connectivity index (χ3v) is 3.38. The SMILES string of the molecule is NC1=CCC(N2CCN(CC(F)(F)F)CC2)C=C1. The van der Waals surface area contributed by atoms with Gasteiger partial charge in [-0.3, -0.25) is 9.80 Å². The second-order valence-corrected chi connectivity index (χ2v) is 4.79. The summed E-state index contributed by atoms with van der Waals surface area (Å²) >= 11 is 0. The molecule has 0 radical (unpaired) electrons. The minimum absolute atomic E-state index is 0.283. The fourth-order valence-electron chi connectivity index (χ4n) is 2.40. The van der Waals surface area contributed by atoms with Gasteiger partial charge < -0.3 is 5.73 Å². The normalized spacial score (nSPS) is 27.3. The number of nitrogens with zero attached hydrogens (tertiary/aromatic N) is 2. The van der Waals surface area contributed by atoms with Crippen molar-refractivity contribution >= 4 is 0 Å². The zero-order valence-electron chi connectivity index (χ0n) is 10.2. The van der Waals surface area contributed by atoms with E-state index in [-0.39, 0.29) is 6.04 Å². The lowest BCUT2D eigenvalue weighted by molar-refractivity contribution is -0.149. The molecule has 0 aromatic rings. The molecular formula is C12H18F3N3. The van der Waals surface area contributed by atoms with E-state index in [0.717, 1.165) is 12.1 Å². The molecule has 1 heterocycles. The van der Waals surface area contributed by atoms with Crippen LogP contribution in [0.25, 0.3) is 0 Å². The number of halogens is 3. The van der Waals surface area contributed by atoms with Crippen LogP contribution in [0.15, 0.2) is 23.9 Å². The third-order valence-electron chi connectivity index (χ3n) is 3.38. The van der Waals surface area contributed by atoms with E-state index in [4.69, 9.17) is 5.73 Å². The molecule has 1 atom stereocenters. The highest BCUT2D eigenvalue weighted by molar-refractivity contribution is 5.22. The average molecular weight is 261 g/mol. The molecule has 0 aromatic carbocycles. The fraction of sp³-hybridized carbons (Fsp3) is 0.667. The van der Waals surface area contributed by atoms with Crippen molar-refractivity contribution < 1.29 is 13.2 Å². The molecule has 1 aliphatic heterocycles. The Labute approximate surface area is 105 Å². The number of alkyl halides is 3. The second-order valence-electron chi connectivity index (χ2n) is 4.79. The number of allylic oxidation sites excluding steroid dienone is 1. The predicted molar refractivity (Wildman–Crippen MR) is 63.9 cm³/mol. The Morgan fingerprint density at radius 1 is 1.22 bits per heavy atom. The summed E-state index contributed by atoms with van der Waals surface area (Å²) in [5.74, 6) is 0. The highest BCUT2D eigenvalue weighted by Crippen LogP contribution is 2.20. The first kappa shape index (κ1) is 13.4. The minimum atomic E-state index is -4.09. The summed E-state index contributed by atoms with van der Waals surface area (Å²) in [4.78, 5) is 3.68. The number of hydrogen-bond acceptors (Lipinski definition) is 3. The van der Waals surface area contributed by atoms with Gasteiger partial charge in [0.05, 0.1) is 6.54 Å². The van der Waals surface area contributed by atoms with E-state index in [1.54, 1.807) is 0 Å². The lowest BCUT2D eigenvalue weighted by Crippen LogP contribution is -2.51. The van der Waals surface area contributed by atoms with Gasteiger partial charge in [-0.25, -0.2) is 0 Å². The van der Waals surface area contributed by atoms with Gasteiger partial charge in [0.25, 0.3) is 0 Å². The van der Waals surface area contributed by atoms with Gasteiger partial charge in [-0.2, -0.15) is 13.2 Å². The maximum Gasteiger partial charge on any atom is 0.401 e. The topological polar surface area (TPSA) is 32.5 Å². The first-order valence-corrected chi connectivity index (χ1v) is 6.11. The number of piperazine rings is 1. The highest BCUT2D eigenvalue weighted by atomic mass is 19.4. The van der Waals surface area contributed by atoms with Crippen LogP contribution in [-0.2, 0) is 0 Å². The number of rotatable bonds is 2. The van der Waals surface area contributed by atoms with Crippen LogP contribution in [0.2, 0.25) is 0 Å². The van der Waals surface area contributed by atoms with E-state index in [1.165, 1.54) is 4.90 Å². The molecule has 0 spiro atoms. The van der Waals surface area contributed by atoms with Gasteiger partial charge in [-0.1, -0.05) is 12.2 Å². The summed E-state index contributed by atoms with van der Waals surface area (Å²) in [6.07, 6.45) is 2.63.